The van der Waals surface area contributed by atoms with Gasteiger partial charge >= 0.3 is 115 Å². The molecule has 0 atom stereocenters. The number of terminal acetylenes is 1. The van der Waals surface area contributed by atoms with E-state index in [-0.39, 0.29) is 159 Å². The Morgan fingerprint density at radius 3 is 1.46 bits per heavy atom. The largest absolute Gasteiger partial charge is 1.00 e. The fraction of sp³-hybridized carbons (Fsp3) is 0.328. The van der Waals surface area contributed by atoms with Gasteiger partial charge in [0.05, 0.1) is 67.3 Å². The Morgan fingerprint density at radius 2 is 1.04 bits per heavy atom. The number of carbonyl (C=O) groups is 7. The van der Waals surface area contributed by atoms with Gasteiger partial charge in [0.15, 0.2) is 23.1 Å². The van der Waals surface area contributed by atoms with Crippen molar-refractivity contribution in [3.63, 3.8) is 0 Å². The van der Waals surface area contributed by atoms with Crippen molar-refractivity contribution >= 4 is 105 Å². The Labute approximate surface area is 609 Å². The molecule has 90 heavy (non-hydrogen) atoms. The van der Waals surface area contributed by atoms with Crippen LogP contribution in [0.5, 0.6) is 0 Å². The van der Waals surface area contributed by atoms with E-state index in [1.807, 2.05) is 102 Å². The van der Waals surface area contributed by atoms with E-state index in [2.05, 4.69) is 73.1 Å². The molecule has 4 amide bonds. The maximum atomic E-state index is 13.6. The van der Waals surface area contributed by atoms with Gasteiger partial charge in [-0.1, -0.05) is 43.6 Å². The van der Waals surface area contributed by atoms with Crippen molar-refractivity contribution in [1.29, 1.82) is 0 Å². The van der Waals surface area contributed by atoms with Crippen LogP contribution in [0.2, 0.25) is 19.6 Å². The summed E-state index contributed by atoms with van der Waals surface area (Å²) in [4.78, 5) is 109. The zero-order chi connectivity index (χ0) is 62.7. The molecule has 8 aromatic rings. The van der Waals surface area contributed by atoms with Crippen molar-refractivity contribution in [2.24, 2.45) is 0 Å². The SMILES string of the molecule is C#Cc1cc2c3c(c1)c(C1=C(c4cnc5ccccn45)C(=O)CC1=O)cn3CCN(C(=O)N1CCCCC1)C2.C[Si](C)(C)C#Cc1cc2c3c(c1)c(C1=C(c4cnc5ccccn45)C(=O)CC1=O)cn3CCN(C(=O)N1CCCCC1)C2.O=CO[O-].[2H]CF.[H-].[K+].[K+]. The second kappa shape index (κ2) is 29.5. The second-order valence-corrected chi connectivity index (χ2v) is 28.3. The van der Waals surface area contributed by atoms with E-state index in [0.717, 1.165) is 108 Å². The molecular weight excluding hydrogens is 1210 g/mol. The van der Waals surface area contributed by atoms with Crippen LogP contribution in [0.4, 0.5) is 14.0 Å². The van der Waals surface area contributed by atoms with Gasteiger partial charge in [-0.2, -0.15) is 0 Å². The van der Waals surface area contributed by atoms with Gasteiger partial charge in [-0.05, 0) is 98.2 Å². The van der Waals surface area contributed by atoms with Crippen LogP contribution in [0, 0.1) is 23.8 Å². The summed E-state index contributed by atoms with van der Waals surface area (Å²) in [7, 11) is -2.67. The van der Waals surface area contributed by atoms with Gasteiger partial charge < -0.3 is 40.3 Å². The number of fused-ring (bicyclic) bond motifs is 2. The smallest absolute Gasteiger partial charge is 1.00 e. The number of alkyl halides is 1. The van der Waals surface area contributed by atoms with Crippen LogP contribution in [0.3, 0.4) is 0 Å². The number of likely N-dealkylation sites (tertiary alicyclic amines) is 2. The minimum atomic E-state index is -1.67. The summed E-state index contributed by atoms with van der Waals surface area (Å²) in [5.41, 5.74) is 14.7. The van der Waals surface area contributed by atoms with Gasteiger partial charge in [-0.15, -0.1) is 12.0 Å². The van der Waals surface area contributed by atoms with Gasteiger partial charge in [0.2, 0.25) is 0 Å². The van der Waals surface area contributed by atoms with Crippen LogP contribution in [0.25, 0.3) is 55.4 Å². The number of amides is 4. The number of imidazole rings is 2. The number of rotatable bonds is 5. The fourth-order valence-corrected chi connectivity index (χ4v) is 13.5. The summed E-state index contributed by atoms with van der Waals surface area (Å²) in [5.74, 6) is 5.40. The molecule has 0 unspecified atom stereocenters. The number of nitrogens with zero attached hydrogens (tertiary/aromatic N) is 10. The molecule has 19 nitrogen and oxygen atoms in total. The minimum absolute atomic E-state index is 0. The standard InChI is InChI=1S/C34H35N5O3Si.C31H27N5O3.CH3F.CH2O3.2K.H/c1-43(2,3)16-10-23-17-24-21-38(34(42)36-11-6-4-7-12-36)15-14-37-22-26(25(18-23)33(24)37)31-28(40)19-29(41)32(31)27-20-35-30-9-5-8-13-39(27)30;1-2-20-14-21-18-35(31(39)33-9-5-3-6-10-33)13-12-34-19-23(22(15-20)30(21)34)28-25(37)16-26(38)29(28)24-17-32-27-8-4-7-11-36(24)27;1-2;2-1-4-3;;;/h5,8-9,13,17-18,20,22H,4,6-7,11-12,14-15,19,21H2,1-3H3;1,4,7-8,11,14-15,17,19H,3,5-6,9-10,12-13,16,18H2;1H3;1,3H;;;/q;;;;2*+1;-1/p-1/i;;1D;;;;. The van der Waals surface area contributed by atoms with E-state index in [4.69, 9.17) is 17.8 Å². The molecule has 0 N–H and O–H groups in total. The van der Waals surface area contributed by atoms with Gasteiger partial charge in [0, 0.05) is 134 Å². The average molecular weight is 1280 g/mol. The minimum Gasteiger partial charge on any atom is -1.00 e. The van der Waals surface area contributed by atoms with Gasteiger partial charge in [0.1, 0.15) is 19.4 Å². The quantitative estimate of drug-likeness (QED) is 0.0611. The third kappa shape index (κ3) is 13.7. The number of piperidine rings is 2. The molecule has 0 radical (unpaired) electrons. The van der Waals surface area contributed by atoms with Crippen molar-refractivity contribution in [3.05, 3.63) is 143 Å². The average Bonchev–Trinajstić information content (AvgIpc) is 1.59. The van der Waals surface area contributed by atoms with Crippen LogP contribution in [-0.4, -0.2) is 144 Å². The molecule has 4 aliphatic heterocycles. The number of pyridine rings is 2. The first kappa shape index (κ1) is 66.5. The first-order chi connectivity index (χ1) is 43.0. The summed E-state index contributed by atoms with van der Waals surface area (Å²) >= 11 is 0. The van der Waals surface area contributed by atoms with Crippen LogP contribution < -0.4 is 108 Å². The van der Waals surface area contributed by atoms with E-state index >= 15 is 0 Å². The van der Waals surface area contributed by atoms with Crippen LogP contribution >= 0.6 is 0 Å². The first-order valence-corrected chi connectivity index (χ1v) is 33.0. The molecule has 6 aromatic heterocycles. The molecule has 0 bridgehead atoms. The van der Waals surface area contributed by atoms with Crippen molar-refractivity contribution in [3.8, 4) is 23.8 Å². The fourth-order valence-electron chi connectivity index (χ4n) is 12.9. The first-order valence-electron chi connectivity index (χ1n) is 30.2. The molecule has 2 fully saturated rings. The summed E-state index contributed by atoms with van der Waals surface area (Å²) < 4.78 is 23.5. The van der Waals surface area contributed by atoms with Crippen LogP contribution in [0.1, 0.15) is 98.9 Å². The van der Waals surface area contributed by atoms with Crippen LogP contribution in [0.15, 0.2) is 97.8 Å². The molecule has 2 saturated heterocycles. The Morgan fingerprint density at radius 1 is 0.633 bits per heavy atom. The van der Waals surface area contributed by atoms with Gasteiger partial charge in [0.25, 0.3) is 6.47 Å². The third-order valence-electron chi connectivity index (χ3n) is 16.8. The number of urea groups is 2. The van der Waals surface area contributed by atoms with Crippen molar-refractivity contribution in [2.45, 2.75) is 97.2 Å². The predicted molar refractivity (Wildman–Crippen MR) is 333 cm³/mol. The number of aromatic nitrogens is 6. The van der Waals surface area contributed by atoms with E-state index < -0.39 is 15.2 Å². The van der Waals surface area contributed by atoms with E-state index in [1.165, 1.54) is 6.42 Å². The molecule has 6 aliphatic rings. The number of ketones is 4. The number of Topliss-reactive ketones (excluding diaryl/α,β-unsaturated/α-hetero) is 4. The van der Waals surface area contributed by atoms with Gasteiger partial charge in [-0.3, -0.25) is 37.2 Å². The number of benzene rings is 2. The zero-order valence-electron chi connectivity index (χ0n) is 53.4. The van der Waals surface area contributed by atoms with E-state index in [9.17, 15) is 33.2 Å². The maximum absolute atomic E-state index is 13.6. The molecule has 0 saturated carbocycles. The van der Waals surface area contributed by atoms with Crippen molar-refractivity contribution in [1.82, 2.24) is 47.5 Å². The predicted octanol–water partition coefficient (Wildman–Crippen LogP) is 2.68. The van der Waals surface area contributed by atoms with E-state index in [1.54, 1.807) is 12.4 Å². The summed E-state index contributed by atoms with van der Waals surface area (Å²) in [6, 6.07) is 19.5. The number of carbonyl (C=O) groups excluding carboxylic acids is 7. The number of hydrogen-bond donors (Lipinski definition) is 0. The second-order valence-electron chi connectivity index (χ2n) is 23.6. The van der Waals surface area contributed by atoms with Gasteiger partial charge in [-0.25, -0.2) is 19.6 Å². The molecule has 23 heteroatoms. The maximum Gasteiger partial charge on any atom is 1.00 e. The molecule has 10 heterocycles. The molecule has 14 rings (SSSR count). The number of hydrogen-bond acceptors (Lipinski definition) is 11. The summed E-state index contributed by atoms with van der Waals surface area (Å²) in [6.07, 6.45) is 23.1. The molecule has 0 spiro atoms. The normalized spacial score (nSPS) is 16.6. The third-order valence-corrected chi connectivity index (χ3v) is 17.6. The molecular formula is C67H67FK2N10O9Si. The molecule has 2 aliphatic carbocycles. The summed E-state index contributed by atoms with van der Waals surface area (Å²) in [5, 5.41) is 10.2. The number of halogens is 1. The number of allylic oxidation sites excluding steroid dienone is 4. The Hall–Kier alpha value is -6.43. The topological polar surface area (TPSA) is 209 Å². The van der Waals surface area contributed by atoms with Crippen molar-refractivity contribution in [2.75, 3.05) is 46.4 Å². The molecule has 2 aromatic carbocycles. The van der Waals surface area contributed by atoms with E-state index in [0.29, 0.717) is 89.7 Å². The Bertz CT molecular complexity index is 4380. The molecule has 452 valence electrons. The van der Waals surface area contributed by atoms with Crippen molar-refractivity contribution < 1.29 is 154 Å². The Kier molecular flexibility index (Phi) is 21.8. The zero-order valence-corrected chi connectivity index (χ0v) is 58.6. The monoisotopic (exact) mass is 1280 g/mol. The Balaban J connectivity index is 0.000000210. The van der Waals surface area contributed by atoms with Crippen LogP contribution in [-0.2, 0) is 55.0 Å². The summed E-state index contributed by atoms with van der Waals surface area (Å²) in [6.45, 7) is 12.9.